The molecule has 1 aliphatic heterocycles. The normalized spacial score (nSPS) is 13.8. The SMILES string of the molecule is O=C(c1cccn1Cc1ccccc1)N1CCc2sccc2C1. The predicted molar refractivity (Wildman–Crippen MR) is 92.7 cm³/mol. The highest BCUT2D eigenvalue weighted by Gasteiger charge is 2.24. The van der Waals surface area contributed by atoms with Crippen molar-refractivity contribution >= 4 is 17.2 Å². The van der Waals surface area contributed by atoms with Crippen molar-refractivity contribution in [2.24, 2.45) is 0 Å². The monoisotopic (exact) mass is 322 g/mol. The van der Waals surface area contributed by atoms with Crippen LogP contribution in [0.3, 0.4) is 0 Å². The van der Waals surface area contributed by atoms with Crippen LogP contribution in [0, 0.1) is 0 Å². The van der Waals surface area contributed by atoms with Gasteiger partial charge in [0.25, 0.3) is 5.91 Å². The van der Waals surface area contributed by atoms with Gasteiger partial charge in [0.05, 0.1) is 0 Å². The minimum atomic E-state index is 0.128. The molecule has 116 valence electrons. The summed E-state index contributed by atoms with van der Waals surface area (Å²) in [5.74, 6) is 0.128. The third-order valence-corrected chi connectivity index (χ3v) is 5.36. The molecule has 0 atom stereocenters. The van der Waals surface area contributed by atoms with Gasteiger partial charge >= 0.3 is 0 Å². The van der Waals surface area contributed by atoms with Gasteiger partial charge in [0.2, 0.25) is 0 Å². The molecule has 0 aliphatic carbocycles. The first kappa shape index (κ1) is 14.3. The van der Waals surface area contributed by atoms with Gasteiger partial charge in [-0.2, -0.15) is 0 Å². The fourth-order valence-corrected chi connectivity index (χ4v) is 4.00. The van der Waals surface area contributed by atoms with Crippen molar-refractivity contribution in [3.05, 3.63) is 81.8 Å². The number of hydrogen-bond acceptors (Lipinski definition) is 2. The quantitative estimate of drug-likeness (QED) is 0.720. The number of nitrogens with zero attached hydrogens (tertiary/aromatic N) is 2. The van der Waals surface area contributed by atoms with E-state index in [1.165, 1.54) is 16.0 Å². The van der Waals surface area contributed by atoms with Crippen LogP contribution in [0.4, 0.5) is 0 Å². The third kappa shape index (κ3) is 2.82. The number of benzene rings is 1. The average molecular weight is 322 g/mol. The Bertz CT molecular complexity index is 819. The molecule has 0 radical (unpaired) electrons. The molecule has 4 rings (SSSR count). The van der Waals surface area contributed by atoms with E-state index in [4.69, 9.17) is 0 Å². The highest BCUT2D eigenvalue weighted by molar-refractivity contribution is 7.10. The van der Waals surface area contributed by atoms with E-state index >= 15 is 0 Å². The molecule has 1 aromatic carbocycles. The fraction of sp³-hybridized carbons (Fsp3) is 0.211. The van der Waals surface area contributed by atoms with Crippen LogP contribution < -0.4 is 0 Å². The second-order valence-corrected chi connectivity index (χ2v) is 6.85. The lowest BCUT2D eigenvalue weighted by Gasteiger charge is -2.27. The van der Waals surface area contributed by atoms with E-state index in [0.29, 0.717) is 0 Å². The predicted octanol–water partition coefficient (Wildman–Crippen LogP) is 3.80. The van der Waals surface area contributed by atoms with Crippen molar-refractivity contribution in [2.45, 2.75) is 19.5 Å². The number of hydrogen-bond donors (Lipinski definition) is 0. The van der Waals surface area contributed by atoms with Gasteiger partial charge in [-0.05, 0) is 41.1 Å². The lowest BCUT2D eigenvalue weighted by Crippen LogP contribution is -2.36. The van der Waals surface area contributed by atoms with Gasteiger partial charge in [0.15, 0.2) is 0 Å². The van der Waals surface area contributed by atoms with E-state index in [9.17, 15) is 4.79 Å². The maximum Gasteiger partial charge on any atom is 0.270 e. The molecule has 4 heteroatoms. The number of fused-ring (bicyclic) bond motifs is 1. The molecule has 3 heterocycles. The Morgan fingerprint density at radius 1 is 1.09 bits per heavy atom. The van der Waals surface area contributed by atoms with Crippen molar-refractivity contribution in [3.8, 4) is 0 Å². The van der Waals surface area contributed by atoms with Gasteiger partial charge in [-0.1, -0.05) is 30.3 Å². The van der Waals surface area contributed by atoms with Crippen LogP contribution in [-0.4, -0.2) is 21.9 Å². The highest BCUT2D eigenvalue weighted by atomic mass is 32.1. The summed E-state index contributed by atoms with van der Waals surface area (Å²) in [6.07, 6.45) is 2.96. The maximum atomic E-state index is 12.9. The zero-order chi connectivity index (χ0) is 15.6. The summed E-state index contributed by atoms with van der Waals surface area (Å²) in [5.41, 5.74) is 3.28. The number of amides is 1. The molecule has 23 heavy (non-hydrogen) atoms. The van der Waals surface area contributed by atoms with Crippen LogP contribution >= 0.6 is 11.3 Å². The summed E-state index contributed by atoms with van der Waals surface area (Å²) >= 11 is 1.80. The maximum absolute atomic E-state index is 12.9. The van der Waals surface area contributed by atoms with Crippen LogP contribution in [0.1, 0.15) is 26.5 Å². The van der Waals surface area contributed by atoms with E-state index < -0.39 is 0 Å². The van der Waals surface area contributed by atoms with Crippen molar-refractivity contribution in [3.63, 3.8) is 0 Å². The summed E-state index contributed by atoms with van der Waals surface area (Å²) in [5, 5.41) is 2.12. The summed E-state index contributed by atoms with van der Waals surface area (Å²) in [4.78, 5) is 16.3. The van der Waals surface area contributed by atoms with Gasteiger partial charge in [-0.15, -0.1) is 11.3 Å². The molecule has 0 spiro atoms. The Labute approximate surface area is 139 Å². The lowest BCUT2D eigenvalue weighted by atomic mass is 10.1. The molecule has 3 aromatic rings. The lowest BCUT2D eigenvalue weighted by molar-refractivity contribution is 0.0725. The molecular weight excluding hydrogens is 304 g/mol. The smallest absolute Gasteiger partial charge is 0.270 e. The number of rotatable bonds is 3. The molecule has 0 saturated carbocycles. The molecule has 2 aromatic heterocycles. The highest BCUT2D eigenvalue weighted by Crippen LogP contribution is 2.25. The third-order valence-electron chi connectivity index (χ3n) is 4.34. The molecule has 0 N–H and O–H groups in total. The zero-order valence-electron chi connectivity index (χ0n) is 12.8. The Morgan fingerprint density at radius 3 is 2.83 bits per heavy atom. The first-order valence-corrected chi connectivity index (χ1v) is 8.73. The Kier molecular flexibility index (Phi) is 3.75. The van der Waals surface area contributed by atoms with E-state index in [1.807, 2.05) is 46.0 Å². The Balaban J connectivity index is 1.55. The zero-order valence-corrected chi connectivity index (χ0v) is 13.6. The number of carbonyl (C=O) groups is 1. The number of aromatic nitrogens is 1. The standard InChI is InChI=1S/C19H18N2OS/c22-19(21-11-8-18-16(14-21)9-12-23-18)17-7-4-10-20(17)13-15-5-2-1-3-6-15/h1-7,9-10,12H,8,11,13-14H2. The van der Waals surface area contributed by atoms with Crippen molar-refractivity contribution in [1.29, 1.82) is 0 Å². The van der Waals surface area contributed by atoms with Gasteiger partial charge in [-0.25, -0.2) is 0 Å². The molecule has 3 nitrogen and oxygen atoms in total. The summed E-state index contributed by atoms with van der Waals surface area (Å²) in [6.45, 7) is 2.27. The van der Waals surface area contributed by atoms with E-state index in [2.05, 4.69) is 23.6 Å². The van der Waals surface area contributed by atoms with Gasteiger partial charge in [0, 0.05) is 30.7 Å². The van der Waals surface area contributed by atoms with Crippen LogP contribution in [0.5, 0.6) is 0 Å². The largest absolute Gasteiger partial charge is 0.339 e. The minimum absolute atomic E-state index is 0.128. The topological polar surface area (TPSA) is 25.2 Å². The van der Waals surface area contributed by atoms with E-state index in [1.54, 1.807) is 11.3 Å². The first-order valence-electron chi connectivity index (χ1n) is 7.85. The van der Waals surface area contributed by atoms with Gasteiger partial charge in [-0.3, -0.25) is 4.79 Å². The molecule has 1 amide bonds. The number of thiophene rings is 1. The second kappa shape index (κ2) is 6.05. The second-order valence-electron chi connectivity index (χ2n) is 5.85. The van der Waals surface area contributed by atoms with Crippen molar-refractivity contribution in [1.82, 2.24) is 9.47 Å². The van der Waals surface area contributed by atoms with Crippen LogP contribution in [-0.2, 0) is 19.5 Å². The minimum Gasteiger partial charge on any atom is -0.339 e. The van der Waals surface area contributed by atoms with Crippen LogP contribution in [0.15, 0.2) is 60.1 Å². The fourth-order valence-electron chi connectivity index (χ4n) is 3.11. The Hall–Kier alpha value is -2.33. The molecule has 0 unspecified atom stereocenters. The molecule has 1 aliphatic rings. The first-order chi connectivity index (χ1) is 11.3. The molecule has 0 bridgehead atoms. The van der Waals surface area contributed by atoms with E-state index in [-0.39, 0.29) is 5.91 Å². The Morgan fingerprint density at radius 2 is 1.96 bits per heavy atom. The molecule has 0 saturated heterocycles. The van der Waals surface area contributed by atoms with Crippen molar-refractivity contribution in [2.75, 3.05) is 6.54 Å². The van der Waals surface area contributed by atoms with Gasteiger partial charge < -0.3 is 9.47 Å². The summed E-state index contributed by atoms with van der Waals surface area (Å²) in [7, 11) is 0. The van der Waals surface area contributed by atoms with Crippen LogP contribution in [0.25, 0.3) is 0 Å². The van der Waals surface area contributed by atoms with Gasteiger partial charge in [0.1, 0.15) is 5.69 Å². The number of carbonyl (C=O) groups excluding carboxylic acids is 1. The van der Waals surface area contributed by atoms with Crippen LogP contribution in [0.2, 0.25) is 0 Å². The van der Waals surface area contributed by atoms with Crippen molar-refractivity contribution < 1.29 is 4.79 Å². The summed E-state index contributed by atoms with van der Waals surface area (Å²) < 4.78 is 2.04. The van der Waals surface area contributed by atoms with E-state index in [0.717, 1.165) is 31.7 Å². The summed E-state index contributed by atoms with van der Waals surface area (Å²) in [6, 6.07) is 16.3. The molecule has 0 fully saturated rings. The molecular formula is C19H18N2OS. The average Bonchev–Trinajstić information content (AvgIpc) is 3.23.